The van der Waals surface area contributed by atoms with Crippen LogP contribution in [-0.4, -0.2) is 68.7 Å². The van der Waals surface area contributed by atoms with E-state index in [4.69, 9.17) is 14.2 Å². The number of benzene rings is 1. The molecular formula is C24H29BrN2O8S. The Labute approximate surface area is 218 Å². The molecule has 12 heteroatoms. The van der Waals surface area contributed by atoms with E-state index < -0.39 is 41.2 Å². The van der Waals surface area contributed by atoms with E-state index in [1.54, 1.807) is 12.1 Å². The molecule has 10 nitrogen and oxygen atoms in total. The van der Waals surface area contributed by atoms with Crippen molar-refractivity contribution in [2.45, 2.75) is 37.3 Å². The number of aliphatic hydroxyl groups excluding tert-OH is 1. The van der Waals surface area contributed by atoms with Gasteiger partial charge in [-0.25, -0.2) is 13.2 Å². The largest absolute Gasteiger partial charge is 0.468 e. The van der Waals surface area contributed by atoms with Crippen LogP contribution in [0.4, 0.5) is 0 Å². The molecule has 1 N–H and O–H groups in total. The van der Waals surface area contributed by atoms with E-state index in [0.29, 0.717) is 30.5 Å². The molecule has 1 aliphatic heterocycles. The highest BCUT2D eigenvalue weighted by molar-refractivity contribution is 9.10. The lowest BCUT2D eigenvalue weighted by molar-refractivity contribution is -0.140. The Morgan fingerprint density at radius 3 is 2.42 bits per heavy atom. The minimum absolute atomic E-state index is 0.00118. The summed E-state index contributed by atoms with van der Waals surface area (Å²) in [6, 6.07) is 7.60. The highest BCUT2D eigenvalue weighted by atomic mass is 79.9. The van der Waals surface area contributed by atoms with Gasteiger partial charge in [-0.1, -0.05) is 17.7 Å². The molecule has 0 aliphatic carbocycles. The smallest absolute Gasteiger partial charge is 0.339 e. The van der Waals surface area contributed by atoms with Gasteiger partial charge in [-0.2, -0.15) is 4.31 Å². The van der Waals surface area contributed by atoms with Gasteiger partial charge < -0.3 is 19.3 Å². The van der Waals surface area contributed by atoms with Crippen LogP contribution in [-0.2, 0) is 35.6 Å². The van der Waals surface area contributed by atoms with E-state index in [1.807, 2.05) is 6.92 Å². The fraction of sp³-hybridized carbons (Fsp3) is 0.458. The van der Waals surface area contributed by atoms with Crippen molar-refractivity contribution in [1.82, 2.24) is 9.29 Å². The summed E-state index contributed by atoms with van der Waals surface area (Å²) in [7, 11) is -1.84. The molecule has 3 rings (SSSR count). The Bertz CT molecular complexity index is 1200. The minimum atomic E-state index is -4.18. The quantitative estimate of drug-likeness (QED) is 0.441. The van der Waals surface area contributed by atoms with Crippen LogP contribution < -0.4 is 0 Å². The number of aryl methyl sites for hydroxylation is 1. The number of hydrogen-bond acceptors (Lipinski definition) is 9. The predicted molar refractivity (Wildman–Crippen MR) is 133 cm³/mol. The summed E-state index contributed by atoms with van der Waals surface area (Å²) in [5.74, 6) is -1.65. The fourth-order valence-corrected chi connectivity index (χ4v) is 5.77. The molecule has 1 aromatic heterocycles. The molecular weight excluding hydrogens is 556 g/mol. The number of aromatic nitrogens is 1. The molecule has 1 aromatic carbocycles. The van der Waals surface area contributed by atoms with Crippen molar-refractivity contribution >= 4 is 37.9 Å². The number of nitrogens with zero attached hydrogens (tertiary/aromatic N) is 2. The SMILES string of the molecule is COC(=O)CN(Cc1nc(C(O)C2CCOCC2)c(Br)cc1C(=O)OC)S(=O)(=O)c1ccc(C)cc1. The second-order valence-electron chi connectivity index (χ2n) is 8.40. The molecule has 0 saturated carbocycles. The lowest BCUT2D eigenvalue weighted by atomic mass is 9.91. The topological polar surface area (TPSA) is 132 Å². The molecule has 2 aromatic rings. The molecule has 1 fully saturated rings. The summed E-state index contributed by atoms with van der Waals surface area (Å²) in [4.78, 5) is 29.2. The first-order chi connectivity index (χ1) is 17.1. The maximum atomic E-state index is 13.5. The number of methoxy groups -OCH3 is 2. The zero-order valence-electron chi connectivity index (χ0n) is 20.3. The second-order valence-corrected chi connectivity index (χ2v) is 11.2. The molecule has 36 heavy (non-hydrogen) atoms. The van der Waals surface area contributed by atoms with Crippen LogP contribution in [0.25, 0.3) is 0 Å². The molecule has 196 valence electrons. The average Bonchev–Trinajstić information content (AvgIpc) is 2.88. The van der Waals surface area contributed by atoms with Crippen molar-refractivity contribution in [3.63, 3.8) is 0 Å². The third kappa shape index (κ3) is 6.48. The normalized spacial score (nSPS) is 15.5. The van der Waals surface area contributed by atoms with Gasteiger partial charge in [-0.05, 0) is 59.8 Å². The second kappa shape index (κ2) is 12.2. The molecule has 1 saturated heterocycles. The summed E-state index contributed by atoms with van der Waals surface area (Å²) in [6.45, 7) is 1.80. The van der Waals surface area contributed by atoms with Gasteiger partial charge in [0.2, 0.25) is 10.0 Å². The number of ether oxygens (including phenoxy) is 3. The number of hydrogen-bond donors (Lipinski definition) is 1. The van der Waals surface area contributed by atoms with Crippen molar-refractivity contribution in [1.29, 1.82) is 0 Å². The lowest BCUT2D eigenvalue weighted by Crippen LogP contribution is -2.36. The summed E-state index contributed by atoms with van der Waals surface area (Å²) in [6.07, 6.45) is 0.274. The maximum absolute atomic E-state index is 13.5. The predicted octanol–water partition coefficient (Wildman–Crippen LogP) is 2.76. The van der Waals surface area contributed by atoms with Gasteiger partial charge in [0.1, 0.15) is 12.6 Å². The number of carbonyl (C=O) groups is 2. The van der Waals surface area contributed by atoms with Crippen LogP contribution in [0.1, 0.15) is 46.3 Å². The van der Waals surface area contributed by atoms with Gasteiger partial charge in [0.25, 0.3) is 0 Å². The van der Waals surface area contributed by atoms with E-state index in [9.17, 15) is 23.1 Å². The number of carbonyl (C=O) groups excluding carboxylic acids is 2. The third-order valence-electron chi connectivity index (χ3n) is 6.00. The Balaban J connectivity index is 2.08. The average molecular weight is 585 g/mol. The van der Waals surface area contributed by atoms with Crippen LogP contribution in [0.5, 0.6) is 0 Å². The monoisotopic (exact) mass is 584 g/mol. The number of aliphatic hydroxyl groups is 1. The third-order valence-corrected chi connectivity index (χ3v) is 8.44. The highest BCUT2D eigenvalue weighted by Gasteiger charge is 2.32. The molecule has 1 atom stereocenters. The molecule has 0 amide bonds. The number of esters is 2. The first-order valence-electron chi connectivity index (χ1n) is 11.3. The number of rotatable bonds is 9. The maximum Gasteiger partial charge on any atom is 0.339 e. The molecule has 2 heterocycles. The Morgan fingerprint density at radius 2 is 1.83 bits per heavy atom. The van der Waals surface area contributed by atoms with Crippen molar-refractivity contribution in [2.75, 3.05) is 34.0 Å². The van der Waals surface area contributed by atoms with Gasteiger partial charge in [0.15, 0.2) is 0 Å². The van der Waals surface area contributed by atoms with E-state index in [0.717, 1.165) is 17.0 Å². The zero-order valence-corrected chi connectivity index (χ0v) is 22.7. The van der Waals surface area contributed by atoms with Gasteiger partial charge >= 0.3 is 11.9 Å². The number of halogens is 1. The van der Waals surface area contributed by atoms with Gasteiger partial charge in [0.05, 0.1) is 42.6 Å². The van der Waals surface area contributed by atoms with E-state index in [-0.39, 0.29) is 27.8 Å². The molecule has 1 aliphatic rings. The van der Waals surface area contributed by atoms with E-state index in [1.165, 1.54) is 25.3 Å². The molecule has 0 radical (unpaired) electrons. The lowest BCUT2D eigenvalue weighted by Gasteiger charge is -2.28. The summed E-state index contributed by atoms with van der Waals surface area (Å²) >= 11 is 3.38. The van der Waals surface area contributed by atoms with Crippen molar-refractivity contribution in [2.24, 2.45) is 5.92 Å². The first kappa shape index (κ1) is 28.2. The number of sulfonamides is 1. The van der Waals surface area contributed by atoms with Crippen molar-refractivity contribution in [3.05, 3.63) is 57.3 Å². The Hall–Kier alpha value is -2.38. The van der Waals surface area contributed by atoms with Crippen LogP contribution in [0, 0.1) is 12.8 Å². The zero-order chi connectivity index (χ0) is 26.5. The van der Waals surface area contributed by atoms with Crippen molar-refractivity contribution < 1.29 is 37.3 Å². The van der Waals surface area contributed by atoms with Crippen molar-refractivity contribution in [3.8, 4) is 0 Å². The Kier molecular flexibility index (Phi) is 9.59. The minimum Gasteiger partial charge on any atom is -0.468 e. The van der Waals surface area contributed by atoms with Gasteiger partial charge in [0, 0.05) is 17.7 Å². The highest BCUT2D eigenvalue weighted by Crippen LogP contribution is 2.34. The molecule has 0 bridgehead atoms. The fourth-order valence-electron chi connectivity index (χ4n) is 3.87. The van der Waals surface area contributed by atoms with Crippen LogP contribution in [0.15, 0.2) is 39.7 Å². The number of pyridine rings is 1. The summed E-state index contributed by atoms with van der Waals surface area (Å²) in [5, 5.41) is 11.0. The van der Waals surface area contributed by atoms with Crippen LogP contribution in [0.3, 0.4) is 0 Å². The molecule has 0 spiro atoms. The summed E-state index contributed by atoms with van der Waals surface area (Å²) < 4.78 is 43.2. The summed E-state index contributed by atoms with van der Waals surface area (Å²) in [5.41, 5.74) is 1.16. The Morgan fingerprint density at radius 1 is 1.19 bits per heavy atom. The molecule has 1 unspecified atom stereocenters. The standard InChI is InChI=1S/C24H29BrN2O8S/c1-15-4-6-17(7-5-15)36(31,32)27(14-21(28)33-2)13-20-18(24(30)34-3)12-19(25)22(26-20)23(29)16-8-10-35-11-9-16/h4-7,12,16,23,29H,8-11,13-14H2,1-3H3. The van der Waals surface area contributed by atoms with Crippen LogP contribution in [0.2, 0.25) is 0 Å². The van der Waals surface area contributed by atoms with Gasteiger partial charge in [-0.15, -0.1) is 0 Å². The van der Waals surface area contributed by atoms with Gasteiger partial charge in [-0.3, -0.25) is 9.78 Å². The first-order valence-corrected chi connectivity index (χ1v) is 13.5. The van der Waals surface area contributed by atoms with E-state index >= 15 is 0 Å². The van der Waals surface area contributed by atoms with Crippen LogP contribution >= 0.6 is 15.9 Å². The van der Waals surface area contributed by atoms with E-state index in [2.05, 4.69) is 20.9 Å².